The molecule has 0 saturated heterocycles. The predicted octanol–water partition coefficient (Wildman–Crippen LogP) is 12.8. The Kier molecular flexibility index (Phi) is 38.6. The second kappa shape index (κ2) is 39.5. The van der Waals surface area contributed by atoms with Gasteiger partial charge in [0.15, 0.2) is 0 Å². The minimum atomic E-state index is -4.53. The second-order valence-corrected chi connectivity index (χ2v) is 17.8. The van der Waals surface area contributed by atoms with Gasteiger partial charge in [-0.05, 0) is 51.4 Å². The number of unbranched alkanes of at least 4 members (excludes halogenated alkanes) is 22. The number of phosphoric acid groups is 1. The molecule has 0 radical (unpaired) electrons. The first-order chi connectivity index (χ1) is 26.6. The van der Waals surface area contributed by atoms with Gasteiger partial charge in [0.05, 0.1) is 34.4 Å². The van der Waals surface area contributed by atoms with Gasteiger partial charge in [-0.1, -0.05) is 172 Å². The van der Waals surface area contributed by atoms with Gasteiger partial charge in [0.25, 0.3) is 7.82 Å². The Labute approximate surface area is 340 Å². The number of likely N-dealkylation sites (N-methyl/N-ethyl adjacent to an activating group) is 1. The van der Waals surface area contributed by atoms with Gasteiger partial charge in [-0.2, -0.15) is 0 Å². The normalized spacial score (nSPS) is 14.1. The lowest BCUT2D eigenvalue weighted by Crippen LogP contribution is -2.37. The first-order valence-corrected chi connectivity index (χ1v) is 24.2. The van der Waals surface area contributed by atoms with Crippen molar-refractivity contribution in [1.29, 1.82) is 0 Å². The van der Waals surface area contributed by atoms with Crippen LogP contribution in [0.25, 0.3) is 0 Å². The van der Waals surface area contributed by atoms with E-state index in [-0.39, 0.29) is 25.8 Å². The SMILES string of the molecule is CCCCC/C=C\C/C=C\C/C=C\CCCCCCC(=O)O[C@H](COCCCCCCCCCCCCCCCCCC)COP(=O)([O-])OCC[N+](C)(C)C. The summed E-state index contributed by atoms with van der Waals surface area (Å²) in [5.74, 6) is -0.353. The van der Waals surface area contributed by atoms with Crippen LogP contribution in [-0.2, 0) is 27.9 Å². The highest BCUT2D eigenvalue weighted by molar-refractivity contribution is 7.45. The highest BCUT2D eigenvalue weighted by atomic mass is 31.2. The van der Waals surface area contributed by atoms with Gasteiger partial charge in [0, 0.05) is 13.0 Å². The van der Waals surface area contributed by atoms with Crippen molar-refractivity contribution in [2.24, 2.45) is 0 Å². The molecular weight excluding hydrogens is 709 g/mol. The van der Waals surface area contributed by atoms with Crippen molar-refractivity contribution in [2.45, 2.75) is 200 Å². The van der Waals surface area contributed by atoms with Crippen molar-refractivity contribution < 1.29 is 37.3 Å². The van der Waals surface area contributed by atoms with Crippen molar-refractivity contribution in [3.63, 3.8) is 0 Å². The van der Waals surface area contributed by atoms with Gasteiger partial charge in [-0.3, -0.25) is 9.36 Å². The third-order valence-corrected chi connectivity index (χ3v) is 10.7. The first kappa shape index (κ1) is 53.7. The van der Waals surface area contributed by atoms with E-state index in [0.29, 0.717) is 24.1 Å². The zero-order valence-corrected chi connectivity index (χ0v) is 37.5. The molecule has 1 unspecified atom stereocenters. The number of esters is 1. The van der Waals surface area contributed by atoms with Crippen molar-refractivity contribution >= 4 is 13.8 Å². The monoisotopic (exact) mass is 798 g/mol. The third-order valence-electron chi connectivity index (χ3n) is 9.69. The van der Waals surface area contributed by atoms with Crippen LogP contribution in [0.15, 0.2) is 36.5 Å². The summed E-state index contributed by atoms with van der Waals surface area (Å²) in [4.78, 5) is 25.1. The Morgan fingerprint density at radius 2 is 1.00 bits per heavy atom. The van der Waals surface area contributed by atoms with E-state index >= 15 is 0 Å². The molecule has 2 atom stereocenters. The van der Waals surface area contributed by atoms with Crippen molar-refractivity contribution in [3.8, 4) is 0 Å². The summed E-state index contributed by atoms with van der Waals surface area (Å²) >= 11 is 0. The van der Waals surface area contributed by atoms with Crippen molar-refractivity contribution in [2.75, 3.05) is 54.1 Å². The van der Waals surface area contributed by atoms with Crippen LogP contribution < -0.4 is 4.89 Å². The van der Waals surface area contributed by atoms with Gasteiger partial charge >= 0.3 is 5.97 Å². The predicted molar refractivity (Wildman–Crippen MR) is 231 cm³/mol. The number of hydrogen-bond acceptors (Lipinski definition) is 7. The molecule has 55 heavy (non-hydrogen) atoms. The van der Waals surface area contributed by atoms with E-state index in [0.717, 1.165) is 57.8 Å². The van der Waals surface area contributed by atoms with E-state index in [1.165, 1.54) is 116 Å². The zero-order chi connectivity index (χ0) is 40.6. The smallest absolute Gasteiger partial charge is 0.306 e. The molecule has 0 rings (SSSR count). The second-order valence-electron chi connectivity index (χ2n) is 16.4. The van der Waals surface area contributed by atoms with Crippen molar-refractivity contribution in [3.05, 3.63) is 36.5 Å². The minimum absolute atomic E-state index is 0.0223. The summed E-state index contributed by atoms with van der Waals surface area (Å²) in [5, 5.41) is 0. The Morgan fingerprint density at radius 1 is 0.564 bits per heavy atom. The average molecular weight is 798 g/mol. The summed E-state index contributed by atoms with van der Waals surface area (Å²) in [6, 6.07) is 0. The lowest BCUT2D eigenvalue weighted by Gasteiger charge is -2.28. The van der Waals surface area contributed by atoms with E-state index in [2.05, 4.69) is 50.3 Å². The topological polar surface area (TPSA) is 94.1 Å². The van der Waals surface area contributed by atoms with Crippen LogP contribution in [-0.4, -0.2) is 70.7 Å². The maximum atomic E-state index is 12.7. The molecule has 0 amide bonds. The minimum Gasteiger partial charge on any atom is -0.756 e. The van der Waals surface area contributed by atoms with Crippen molar-refractivity contribution in [1.82, 2.24) is 0 Å². The third kappa shape index (κ3) is 43.7. The van der Waals surface area contributed by atoms with Gasteiger partial charge in [-0.25, -0.2) is 0 Å². The highest BCUT2D eigenvalue weighted by Crippen LogP contribution is 2.38. The molecule has 0 aliphatic carbocycles. The maximum absolute atomic E-state index is 12.7. The molecule has 0 aliphatic heterocycles. The van der Waals surface area contributed by atoms with Crippen LogP contribution in [0.4, 0.5) is 0 Å². The molecule has 9 heteroatoms. The van der Waals surface area contributed by atoms with E-state index in [1.54, 1.807) is 0 Å². The van der Waals surface area contributed by atoms with Crippen LogP contribution in [0.3, 0.4) is 0 Å². The first-order valence-electron chi connectivity index (χ1n) is 22.7. The number of hydrogen-bond donors (Lipinski definition) is 0. The number of carbonyl (C=O) groups excluding carboxylic acids is 1. The Hall–Kier alpha value is -1.28. The molecular formula is C46H88NO7P. The van der Waals surface area contributed by atoms with Gasteiger partial charge in [0.1, 0.15) is 19.3 Å². The number of ether oxygens (including phenoxy) is 2. The molecule has 0 heterocycles. The number of rotatable bonds is 42. The standard InChI is InChI=1S/C46H88NO7P/c1-6-8-10-12-14-16-18-20-22-24-25-27-29-31-33-35-37-39-46(48)54-45(44-53-55(49,50)52-42-40-47(3,4)5)43-51-41-38-36-34-32-30-28-26-23-21-19-17-15-13-11-9-7-2/h14,16,20,22,25,27,45H,6-13,15,17-19,21,23-24,26,28-44H2,1-5H3/b16-14-,22-20-,27-25-/t45-/m1/s1. The van der Waals surface area contributed by atoms with E-state index in [9.17, 15) is 14.3 Å². The quantitative estimate of drug-likeness (QED) is 0.0200. The average Bonchev–Trinajstić information content (AvgIpc) is 3.13. The number of allylic oxidation sites excluding steroid dienone is 6. The highest BCUT2D eigenvalue weighted by Gasteiger charge is 2.20. The van der Waals surface area contributed by atoms with E-state index in [1.807, 2.05) is 21.1 Å². The summed E-state index contributed by atoms with van der Waals surface area (Å²) < 4.78 is 34.6. The molecule has 0 bridgehead atoms. The molecule has 0 aromatic carbocycles. The molecule has 8 nitrogen and oxygen atoms in total. The Balaban J connectivity index is 4.25. The van der Waals surface area contributed by atoms with Crippen LogP contribution in [0, 0.1) is 0 Å². The van der Waals surface area contributed by atoms with E-state index < -0.39 is 13.9 Å². The lowest BCUT2D eigenvalue weighted by atomic mass is 10.0. The Bertz CT molecular complexity index is 978. The molecule has 0 aromatic heterocycles. The summed E-state index contributed by atoms with van der Waals surface area (Å²) in [6.07, 6.45) is 45.8. The molecule has 324 valence electrons. The number of quaternary nitrogens is 1. The number of carbonyl (C=O) groups is 1. The number of nitrogens with zero attached hydrogens (tertiary/aromatic N) is 1. The fourth-order valence-corrected chi connectivity index (χ4v) is 6.87. The number of phosphoric ester groups is 1. The fraction of sp³-hybridized carbons (Fsp3) is 0.848. The summed E-state index contributed by atoms with van der Waals surface area (Å²) in [5.41, 5.74) is 0. The van der Waals surface area contributed by atoms with Gasteiger partial charge in [-0.15, -0.1) is 0 Å². The summed E-state index contributed by atoms with van der Waals surface area (Å²) in [6.45, 7) is 5.38. The van der Waals surface area contributed by atoms with E-state index in [4.69, 9.17) is 18.5 Å². The molecule has 0 fully saturated rings. The molecule has 0 aromatic rings. The Morgan fingerprint density at radius 3 is 1.53 bits per heavy atom. The zero-order valence-electron chi connectivity index (χ0n) is 36.6. The summed E-state index contributed by atoms with van der Waals surface area (Å²) in [7, 11) is 1.34. The lowest BCUT2D eigenvalue weighted by molar-refractivity contribution is -0.870. The molecule has 0 N–H and O–H groups in total. The fourth-order valence-electron chi connectivity index (χ4n) is 6.14. The van der Waals surface area contributed by atoms with Gasteiger partial charge < -0.3 is 27.9 Å². The molecule has 0 saturated carbocycles. The van der Waals surface area contributed by atoms with Crippen LogP contribution in [0.2, 0.25) is 0 Å². The van der Waals surface area contributed by atoms with Crippen LogP contribution in [0.1, 0.15) is 194 Å². The largest absolute Gasteiger partial charge is 0.756 e. The molecule has 0 aliphatic rings. The maximum Gasteiger partial charge on any atom is 0.306 e. The van der Waals surface area contributed by atoms with Crippen LogP contribution in [0.5, 0.6) is 0 Å². The van der Waals surface area contributed by atoms with Gasteiger partial charge in [0.2, 0.25) is 0 Å². The molecule has 0 spiro atoms. The van der Waals surface area contributed by atoms with Crippen LogP contribution >= 0.6 is 7.82 Å².